The Morgan fingerprint density at radius 3 is 2.58 bits per heavy atom. The number of halogens is 1. The van der Waals surface area contributed by atoms with E-state index in [9.17, 15) is 4.39 Å². The molecule has 24 heavy (non-hydrogen) atoms. The van der Waals surface area contributed by atoms with Crippen LogP contribution in [-0.4, -0.2) is 0 Å². The lowest BCUT2D eigenvalue weighted by Gasteiger charge is -2.41. The second-order valence-electron chi connectivity index (χ2n) is 8.00. The molecule has 2 fully saturated rings. The zero-order chi connectivity index (χ0) is 16.7. The Bertz CT molecular complexity index is 803. The second-order valence-corrected chi connectivity index (χ2v) is 8.00. The molecule has 2 aliphatic rings. The second kappa shape index (κ2) is 6.20. The van der Waals surface area contributed by atoms with E-state index in [1.165, 1.54) is 50.2 Å². The summed E-state index contributed by atoms with van der Waals surface area (Å²) < 4.78 is 13.9. The van der Waals surface area contributed by atoms with Crippen LogP contribution in [0.25, 0.3) is 10.8 Å². The molecule has 0 radical (unpaired) electrons. The number of benzene rings is 2. The molecule has 0 spiro atoms. The van der Waals surface area contributed by atoms with E-state index in [1.54, 1.807) is 6.07 Å². The van der Waals surface area contributed by atoms with Crippen LogP contribution in [0.1, 0.15) is 62.5 Å². The van der Waals surface area contributed by atoms with Gasteiger partial charge in [-0.1, -0.05) is 31.5 Å². The molecule has 2 aromatic rings. The quantitative estimate of drug-likeness (QED) is 0.616. The van der Waals surface area contributed by atoms with Crippen LogP contribution in [-0.2, 0) is 0 Å². The molecule has 0 N–H and O–H groups in total. The fraction of sp³-hybridized carbons (Fsp3) is 0.500. The van der Waals surface area contributed by atoms with Crippen molar-refractivity contribution in [3.05, 3.63) is 47.3 Å². The Kier molecular flexibility index (Phi) is 4.04. The molecule has 2 saturated carbocycles. The minimum Gasteiger partial charge on any atom is -0.206 e. The van der Waals surface area contributed by atoms with Crippen LogP contribution in [0, 0.1) is 34.9 Å². The molecule has 2 aliphatic carbocycles. The third kappa shape index (κ3) is 2.81. The summed E-state index contributed by atoms with van der Waals surface area (Å²) >= 11 is 0. The Hall–Kier alpha value is -1.88. The van der Waals surface area contributed by atoms with Crippen molar-refractivity contribution in [1.29, 1.82) is 5.26 Å². The van der Waals surface area contributed by atoms with Crippen molar-refractivity contribution >= 4 is 10.8 Å². The summed E-state index contributed by atoms with van der Waals surface area (Å²) in [5, 5.41) is 10.9. The van der Waals surface area contributed by atoms with E-state index in [0.717, 1.165) is 28.5 Å². The maximum atomic E-state index is 13.9. The van der Waals surface area contributed by atoms with E-state index >= 15 is 0 Å². The third-order valence-electron chi connectivity index (χ3n) is 6.42. The highest BCUT2D eigenvalue weighted by Crippen LogP contribution is 2.47. The van der Waals surface area contributed by atoms with Gasteiger partial charge in [-0.3, -0.25) is 0 Å². The van der Waals surface area contributed by atoms with Gasteiger partial charge in [-0.15, -0.1) is 0 Å². The molecule has 0 saturated heterocycles. The monoisotopic (exact) mass is 321 g/mol. The maximum absolute atomic E-state index is 13.9. The Balaban J connectivity index is 1.59. The van der Waals surface area contributed by atoms with Gasteiger partial charge in [0.25, 0.3) is 0 Å². The van der Waals surface area contributed by atoms with Crippen LogP contribution in [0.2, 0.25) is 0 Å². The molecule has 2 aromatic carbocycles. The Labute approximate surface area is 143 Å². The van der Waals surface area contributed by atoms with Gasteiger partial charge in [-0.25, -0.2) is 4.39 Å². The van der Waals surface area contributed by atoms with E-state index in [0.29, 0.717) is 5.92 Å². The molecule has 2 unspecified atom stereocenters. The predicted octanol–water partition coefficient (Wildman–Crippen LogP) is 6.17. The minimum absolute atomic E-state index is 0.132. The third-order valence-corrected chi connectivity index (χ3v) is 6.42. The first kappa shape index (κ1) is 15.6. The average molecular weight is 321 g/mol. The summed E-state index contributed by atoms with van der Waals surface area (Å²) in [5.74, 6) is 2.92. The van der Waals surface area contributed by atoms with E-state index in [4.69, 9.17) is 5.26 Å². The zero-order valence-electron chi connectivity index (χ0n) is 14.3. The summed E-state index contributed by atoms with van der Waals surface area (Å²) in [6.07, 6.45) is 8.08. The van der Waals surface area contributed by atoms with E-state index < -0.39 is 5.82 Å². The fourth-order valence-electron chi connectivity index (χ4n) is 5.05. The number of hydrogen-bond acceptors (Lipinski definition) is 1. The van der Waals surface area contributed by atoms with Gasteiger partial charge >= 0.3 is 0 Å². The van der Waals surface area contributed by atoms with E-state index in [1.807, 2.05) is 6.07 Å². The Morgan fingerprint density at radius 1 is 0.958 bits per heavy atom. The SMILES string of the molecule is C[C@@H]1CC[C@@H]2CC(c3ccc4cc(C#N)c(F)cc4c3)CCC2C1. The van der Waals surface area contributed by atoms with Gasteiger partial charge in [0, 0.05) is 0 Å². The standard InChI is InChI=1S/C22H24FN/c1-14-2-3-16-9-17(5-4-15(16)8-14)18-6-7-19-11-21(13-24)22(23)12-20(19)10-18/h6-7,10-12,14-17H,2-5,8-9H2,1H3/t14-,15?,16-,17?/m1/s1. The van der Waals surface area contributed by atoms with Crippen LogP contribution >= 0.6 is 0 Å². The molecule has 2 heteroatoms. The zero-order valence-corrected chi connectivity index (χ0v) is 14.3. The number of hydrogen-bond donors (Lipinski definition) is 0. The van der Waals surface area contributed by atoms with Crippen molar-refractivity contribution in [2.45, 2.75) is 51.4 Å². The Morgan fingerprint density at radius 2 is 1.75 bits per heavy atom. The van der Waals surface area contributed by atoms with Crippen molar-refractivity contribution in [3.8, 4) is 6.07 Å². The van der Waals surface area contributed by atoms with Crippen molar-refractivity contribution in [1.82, 2.24) is 0 Å². The van der Waals surface area contributed by atoms with Crippen molar-refractivity contribution < 1.29 is 4.39 Å². The van der Waals surface area contributed by atoms with Gasteiger partial charge in [0.15, 0.2) is 0 Å². The molecule has 4 rings (SSSR count). The predicted molar refractivity (Wildman–Crippen MR) is 95.2 cm³/mol. The first-order chi connectivity index (χ1) is 11.6. The lowest BCUT2D eigenvalue weighted by molar-refractivity contribution is 0.124. The van der Waals surface area contributed by atoms with Crippen molar-refractivity contribution in [3.63, 3.8) is 0 Å². The summed E-state index contributed by atoms with van der Waals surface area (Å²) in [7, 11) is 0. The lowest BCUT2D eigenvalue weighted by atomic mass is 9.64. The van der Waals surface area contributed by atoms with Gasteiger partial charge in [0.05, 0.1) is 5.56 Å². The molecule has 0 amide bonds. The molecule has 0 heterocycles. The van der Waals surface area contributed by atoms with Crippen molar-refractivity contribution in [2.75, 3.05) is 0 Å². The number of nitrogens with zero attached hydrogens (tertiary/aromatic N) is 1. The highest BCUT2D eigenvalue weighted by Gasteiger charge is 2.34. The van der Waals surface area contributed by atoms with Crippen LogP contribution in [0.5, 0.6) is 0 Å². The molecule has 0 bridgehead atoms. The number of nitriles is 1. The molecule has 1 nitrogen and oxygen atoms in total. The molecular formula is C22H24FN. The summed E-state index contributed by atoms with van der Waals surface area (Å²) in [6, 6.07) is 11.5. The molecule has 124 valence electrons. The van der Waals surface area contributed by atoms with Gasteiger partial charge in [0.2, 0.25) is 0 Å². The van der Waals surface area contributed by atoms with Gasteiger partial charge in [-0.05, 0) is 84.2 Å². The lowest BCUT2D eigenvalue weighted by Crippen LogP contribution is -2.29. The summed E-state index contributed by atoms with van der Waals surface area (Å²) in [5.41, 5.74) is 1.48. The molecular weight excluding hydrogens is 297 g/mol. The van der Waals surface area contributed by atoms with Crippen LogP contribution < -0.4 is 0 Å². The summed E-state index contributed by atoms with van der Waals surface area (Å²) in [4.78, 5) is 0. The normalized spacial score (nSPS) is 29.9. The molecule has 0 aliphatic heterocycles. The molecule has 4 atom stereocenters. The maximum Gasteiger partial charge on any atom is 0.141 e. The first-order valence-corrected chi connectivity index (χ1v) is 9.27. The summed E-state index contributed by atoms with van der Waals surface area (Å²) in [6.45, 7) is 2.40. The first-order valence-electron chi connectivity index (χ1n) is 9.27. The molecule has 0 aromatic heterocycles. The highest BCUT2D eigenvalue weighted by atomic mass is 19.1. The number of fused-ring (bicyclic) bond motifs is 2. The average Bonchev–Trinajstić information content (AvgIpc) is 2.60. The van der Waals surface area contributed by atoms with Crippen molar-refractivity contribution in [2.24, 2.45) is 17.8 Å². The largest absolute Gasteiger partial charge is 0.206 e. The highest BCUT2D eigenvalue weighted by molar-refractivity contribution is 5.84. The van der Waals surface area contributed by atoms with E-state index in [-0.39, 0.29) is 5.56 Å². The van der Waals surface area contributed by atoms with Gasteiger partial charge in [-0.2, -0.15) is 5.26 Å². The minimum atomic E-state index is -0.410. The smallest absolute Gasteiger partial charge is 0.141 e. The topological polar surface area (TPSA) is 23.8 Å². The van der Waals surface area contributed by atoms with Gasteiger partial charge < -0.3 is 0 Å². The van der Waals surface area contributed by atoms with Gasteiger partial charge in [0.1, 0.15) is 11.9 Å². The fourth-order valence-corrected chi connectivity index (χ4v) is 5.05. The van der Waals surface area contributed by atoms with E-state index in [2.05, 4.69) is 25.1 Å². The van der Waals surface area contributed by atoms with Crippen LogP contribution in [0.15, 0.2) is 30.3 Å². The number of rotatable bonds is 1. The van der Waals surface area contributed by atoms with Crippen LogP contribution in [0.4, 0.5) is 4.39 Å². The van der Waals surface area contributed by atoms with Crippen LogP contribution in [0.3, 0.4) is 0 Å².